The van der Waals surface area contributed by atoms with Gasteiger partial charge in [0.25, 0.3) is 11.5 Å². The highest BCUT2D eigenvalue weighted by atomic mass is 35.5. The molecule has 2 aromatic carbocycles. The van der Waals surface area contributed by atoms with Gasteiger partial charge in [0.05, 0.1) is 11.3 Å². The summed E-state index contributed by atoms with van der Waals surface area (Å²) in [6, 6.07) is 15.2. The molecule has 1 aliphatic carbocycles. The number of nitriles is 1. The molecule has 0 fully saturated rings. The first kappa shape index (κ1) is 21.5. The van der Waals surface area contributed by atoms with Crippen LogP contribution in [0, 0.1) is 16.7 Å². The third kappa shape index (κ3) is 3.95. The summed E-state index contributed by atoms with van der Waals surface area (Å²) in [5.74, 6) is -0.770. The molecule has 32 heavy (non-hydrogen) atoms. The van der Waals surface area contributed by atoms with Crippen LogP contribution >= 0.6 is 11.6 Å². The van der Waals surface area contributed by atoms with Crippen LogP contribution in [0.3, 0.4) is 0 Å². The van der Waals surface area contributed by atoms with Gasteiger partial charge < -0.3 is 5.32 Å². The predicted octanol–water partition coefficient (Wildman–Crippen LogP) is 4.77. The van der Waals surface area contributed by atoms with Crippen LogP contribution in [0.4, 0.5) is 5.69 Å². The van der Waals surface area contributed by atoms with E-state index in [1.165, 1.54) is 10.8 Å². The second-order valence-electron chi connectivity index (χ2n) is 8.60. The summed E-state index contributed by atoms with van der Waals surface area (Å²) in [6.07, 6.45) is 2.24. The molecule has 1 aromatic heterocycles. The van der Waals surface area contributed by atoms with Crippen molar-refractivity contribution >= 4 is 29.0 Å². The van der Waals surface area contributed by atoms with Crippen LogP contribution in [0.25, 0.3) is 5.69 Å². The summed E-state index contributed by atoms with van der Waals surface area (Å²) in [6.45, 7) is 3.87. The zero-order valence-electron chi connectivity index (χ0n) is 17.6. The van der Waals surface area contributed by atoms with Crippen molar-refractivity contribution in [3.8, 4) is 11.8 Å². The molecule has 1 heterocycles. The molecule has 1 amide bonds. The zero-order valence-corrected chi connectivity index (χ0v) is 18.4. The predicted molar refractivity (Wildman–Crippen MR) is 123 cm³/mol. The van der Waals surface area contributed by atoms with E-state index in [1.54, 1.807) is 48.5 Å². The number of Topliss-reactive ketones (excluding diaryl/α,β-unsaturated/α-hetero) is 1. The number of fused-ring (bicyclic) bond motifs is 1. The SMILES string of the molecule is CC1(C)CC(=O)c2cn(-c3ccc(Cl)cc3)c(=O)c(C(=O)Nc3ccccc3C#N)c2C1. The maximum absolute atomic E-state index is 13.5. The van der Waals surface area contributed by atoms with Crippen LogP contribution in [0.15, 0.2) is 59.5 Å². The van der Waals surface area contributed by atoms with Crippen molar-refractivity contribution in [3.63, 3.8) is 0 Å². The lowest BCUT2D eigenvalue weighted by molar-refractivity contribution is 0.0910. The van der Waals surface area contributed by atoms with Gasteiger partial charge in [-0.1, -0.05) is 37.6 Å². The highest BCUT2D eigenvalue weighted by Crippen LogP contribution is 2.36. The summed E-state index contributed by atoms with van der Waals surface area (Å²) >= 11 is 5.98. The summed E-state index contributed by atoms with van der Waals surface area (Å²) in [4.78, 5) is 39.9. The van der Waals surface area contributed by atoms with E-state index in [0.29, 0.717) is 40.4 Å². The minimum absolute atomic E-state index is 0.0914. The fraction of sp³-hybridized carbons (Fsp3) is 0.200. The Morgan fingerprint density at radius 3 is 2.47 bits per heavy atom. The van der Waals surface area contributed by atoms with Crippen molar-refractivity contribution in [1.29, 1.82) is 5.26 Å². The molecular formula is C25H20ClN3O3. The number of nitrogens with zero attached hydrogens (tertiary/aromatic N) is 2. The molecule has 1 aliphatic rings. The highest BCUT2D eigenvalue weighted by Gasteiger charge is 2.36. The minimum atomic E-state index is -0.650. The molecule has 0 unspecified atom stereocenters. The number of carbonyl (C=O) groups excluding carboxylic acids is 2. The van der Waals surface area contributed by atoms with Crippen LogP contribution in [0.2, 0.25) is 5.02 Å². The number of aromatic nitrogens is 1. The van der Waals surface area contributed by atoms with Crippen molar-refractivity contribution in [3.05, 3.63) is 92.4 Å². The number of rotatable bonds is 3. The Labute approximate surface area is 190 Å². The third-order valence-electron chi connectivity index (χ3n) is 5.54. The van der Waals surface area contributed by atoms with Gasteiger partial charge in [0.1, 0.15) is 11.6 Å². The van der Waals surface area contributed by atoms with Gasteiger partial charge in [0.2, 0.25) is 0 Å². The van der Waals surface area contributed by atoms with Gasteiger partial charge in [0, 0.05) is 28.9 Å². The number of hydrogen-bond donors (Lipinski definition) is 1. The standard InChI is InChI=1S/C25H20ClN3O3/c1-25(2)11-18-19(21(30)12-25)14-29(17-9-7-16(26)8-10-17)24(32)22(18)23(31)28-20-6-4-3-5-15(20)13-27/h3-10,14H,11-12H2,1-2H3,(H,28,31). The molecule has 1 N–H and O–H groups in total. The number of anilines is 1. The Morgan fingerprint density at radius 1 is 1.09 bits per heavy atom. The van der Waals surface area contributed by atoms with E-state index in [0.717, 1.165) is 0 Å². The Hall–Kier alpha value is -3.69. The van der Waals surface area contributed by atoms with Gasteiger partial charge in [0.15, 0.2) is 5.78 Å². The first-order valence-electron chi connectivity index (χ1n) is 10.1. The average molecular weight is 446 g/mol. The fourth-order valence-electron chi connectivity index (χ4n) is 4.05. The van der Waals surface area contributed by atoms with E-state index in [4.69, 9.17) is 11.6 Å². The number of halogens is 1. The van der Waals surface area contributed by atoms with E-state index < -0.39 is 11.5 Å². The second kappa shape index (κ2) is 8.10. The number of ketones is 1. The molecule has 4 rings (SSSR count). The molecule has 0 saturated heterocycles. The van der Waals surface area contributed by atoms with Crippen molar-refractivity contribution < 1.29 is 9.59 Å². The molecule has 7 heteroatoms. The number of para-hydroxylation sites is 1. The zero-order chi connectivity index (χ0) is 23.0. The van der Waals surface area contributed by atoms with E-state index in [1.807, 2.05) is 19.9 Å². The van der Waals surface area contributed by atoms with Gasteiger partial charge >= 0.3 is 0 Å². The minimum Gasteiger partial charge on any atom is -0.321 e. The van der Waals surface area contributed by atoms with Crippen molar-refractivity contribution in [2.45, 2.75) is 26.7 Å². The Balaban J connectivity index is 1.92. The topological polar surface area (TPSA) is 92.0 Å². The highest BCUT2D eigenvalue weighted by molar-refractivity contribution is 6.30. The number of carbonyl (C=O) groups is 2. The molecule has 160 valence electrons. The lowest BCUT2D eigenvalue weighted by Gasteiger charge is -2.31. The van der Waals surface area contributed by atoms with E-state index in [9.17, 15) is 19.6 Å². The van der Waals surface area contributed by atoms with Crippen LogP contribution in [-0.4, -0.2) is 16.3 Å². The first-order chi connectivity index (χ1) is 15.2. The van der Waals surface area contributed by atoms with Gasteiger partial charge in [-0.05, 0) is 53.8 Å². The van der Waals surface area contributed by atoms with Crippen molar-refractivity contribution in [2.24, 2.45) is 5.41 Å². The van der Waals surface area contributed by atoms with Gasteiger partial charge in [-0.25, -0.2) is 0 Å². The van der Waals surface area contributed by atoms with Crippen LogP contribution in [0.5, 0.6) is 0 Å². The number of benzene rings is 2. The summed E-state index contributed by atoms with van der Waals surface area (Å²) in [5.41, 5.74) is 0.853. The van der Waals surface area contributed by atoms with Crippen molar-refractivity contribution in [2.75, 3.05) is 5.32 Å². The monoisotopic (exact) mass is 445 g/mol. The number of hydrogen-bond acceptors (Lipinski definition) is 4. The number of amides is 1. The summed E-state index contributed by atoms with van der Waals surface area (Å²) < 4.78 is 1.30. The maximum Gasteiger partial charge on any atom is 0.268 e. The van der Waals surface area contributed by atoms with Gasteiger partial charge in [-0.3, -0.25) is 19.0 Å². The van der Waals surface area contributed by atoms with E-state index in [2.05, 4.69) is 5.32 Å². The third-order valence-corrected chi connectivity index (χ3v) is 5.79. The van der Waals surface area contributed by atoms with E-state index >= 15 is 0 Å². The van der Waals surface area contributed by atoms with Crippen LogP contribution in [-0.2, 0) is 6.42 Å². The molecule has 0 aliphatic heterocycles. The van der Waals surface area contributed by atoms with Gasteiger partial charge in [-0.15, -0.1) is 0 Å². The van der Waals surface area contributed by atoms with Crippen molar-refractivity contribution in [1.82, 2.24) is 4.57 Å². The normalized spacial score (nSPS) is 14.4. The molecule has 0 saturated carbocycles. The lowest BCUT2D eigenvalue weighted by Crippen LogP contribution is -2.37. The Kier molecular flexibility index (Phi) is 5.45. The molecule has 0 spiro atoms. The number of nitrogens with one attached hydrogen (secondary N) is 1. The van der Waals surface area contributed by atoms with Gasteiger partial charge in [-0.2, -0.15) is 5.26 Å². The number of pyridine rings is 1. The quantitative estimate of drug-likeness (QED) is 0.628. The largest absolute Gasteiger partial charge is 0.321 e. The molecule has 6 nitrogen and oxygen atoms in total. The molecule has 0 radical (unpaired) electrons. The second-order valence-corrected chi connectivity index (χ2v) is 9.04. The maximum atomic E-state index is 13.5. The Morgan fingerprint density at radius 2 is 1.78 bits per heavy atom. The summed E-state index contributed by atoms with van der Waals surface area (Å²) in [7, 11) is 0. The molecule has 0 atom stereocenters. The smallest absolute Gasteiger partial charge is 0.268 e. The summed E-state index contributed by atoms with van der Waals surface area (Å²) in [5, 5.41) is 12.5. The van der Waals surface area contributed by atoms with Crippen LogP contribution in [0.1, 0.15) is 52.1 Å². The lowest BCUT2D eigenvalue weighted by atomic mass is 9.73. The molecule has 3 aromatic rings. The Bertz CT molecular complexity index is 1350. The average Bonchev–Trinajstić information content (AvgIpc) is 2.74. The fourth-order valence-corrected chi connectivity index (χ4v) is 4.17. The molecule has 0 bridgehead atoms. The first-order valence-corrected chi connectivity index (χ1v) is 10.5. The molecular weight excluding hydrogens is 426 g/mol. The van der Waals surface area contributed by atoms with Crippen LogP contribution < -0.4 is 10.9 Å². The van der Waals surface area contributed by atoms with E-state index in [-0.39, 0.29) is 22.3 Å².